The van der Waals surface area contributed by atoms with Crippen molar-refractivity contribution in [2.75, 3.05) is 4.72 Å². The third-order valence-corrected chi connectivity index (χ3v) is 4.80. The number of hydrogen-bond acceptors (Lipinski definition) is 5. The van der Waals surface area contributed by atoms with Gasteiger partial charge in [0.25, 0.3) is 10.0 Å². The lowest BCUT2D eigenvalue weighted by Gasteiger charge is -2.21. The first-order valence-electron chi connectivity index (χ1n) is 5.99. The van der Waals surface area contributed by atoms with Gasteiger partial charge in [0.05, 0.1) is 0 Å². The first-order chi connectivity index (χ1) is 9.26. The monoisotopic (exact) mass is 312 g/mol. The molecule has 0 saturated heterocycles. The SMILES string of the molecule is CC(C)(C)Oc1ccc(NS(=O)(=O)c2ccns2)cc1. The third-order valence-electron chi connectivity index (χ3n) is 2.21. The van der Waals surface area contributed by atoms with Gasteiger partial charge in [-0.05, 0) is 62.6 Å². The van der Waals surface area contributed by atoms with Crippen LogP contribution < -0.4 is 9.46 Å². The quantitative estimate of drug-likeness (QED) is 0.942. The zero-order valence-electron chi connectivity index (χ0n) is 11.5. The summed E-state index contributed by atoms with van der Waals surface area (Å²) in [6.07, 6.45) is 1.46. The van der Waals surface area contributed by atoms with E-state index in [1.54, 1.807) is 24.3 Å². The highest BCUT2D eigenvalue weighted by atomic mass is 32.2. The molecule has 7 heteroatoms. The van der Waals surface area contributed by atoms with Crippen LogP contribution in [0.1, 0.15) is 20.8 Å². The molecule has 0 bridgehead atoms. The Bertz CT molecular complexity index is 657. The van der Waals surface area contributed by atoms with Crippen molar-refractivity contribution in [2.45, 2.75) is 30.6 Å². The van der Waals surface area contributed by atoms with E-state index in [9.17, 15) is 8.42 Å². The number of ether oxygens (including phenoxy) is 1. The molecular formula is C13H16N2O3S2. The van der Waals surface area contributed by atoms with Gasteiger partial charge in [-0.1, -0.05) is 0 Å². The fraction of sp³-hybridized carbons (Fsp3) is 0.308. The van der Waals surface area contributed by atoms with Crippen LogP contribution in [-0.4, -0.2) is 18.4 Å². The van der Waals surface area contributed by atoms with E-state index < -0.39 is 10.0 Å². The molecule has 2 aromatic rings. The predicted octanol–water partition coefficient (Wildman–Crippen LogP) is 3.12. The van der Waals surface area contributed by atoms with Gasteiger partial charge in [0.2, 0.25) is 0 Å². The summed E-state index contributed by atoms with van der Waals surface area (Å²) in [6.45, 7) is 5.86. The zero-order valence-corrected chi connectivity index (χ0v) is 13.1. The van der Waals surface area contributed by atoms with Gasteiger partial charge in [-0.15, -0.1) is 0 Å². The topological polar surface area (TPSA) is 68.3 Å². The first kappa shape index (κ1) is 14.8. The van der Waals surface area contributed by atoms with Gasteiger partial charge >= 0.3 is 0 Å². The second kappa shape index (κ2) is 5.41. The summed E-state index contributed by atoms with van der Waals surface area (Å²) in [5.74, 6) is 0.693. The van der Waals surface area contributed by atoms with E-state index in [1.807, 2.05) is 20.8 Å². The van der Waals surface area contributed by atoms with Crippen LogP contribution in [0.3, 0.4) is 0 Å². The number of benzene rings is 1. The average molecular weight is 312 g/mol. The van der Waals surface area contributed by atoms with Crippen molar-refractivity contribution in [1.29, 1.82) is 0 Å². The molecule has 108 valence electrons. The van der Waals surface area contributed by atoms with E-state index in [4.69, 9.17) is 4.74 Å². The minimum Gasteiger partial charge on any atom is -0.488 e. The smallest absolute Gasteiger partial charge is 0.272 e. The maximum Gasteiger partial charge on any atom is 0.272 e. The highest BCUT2D eigenvalue weighted by Gasteiger charge is 2.16. The molecule has 0 unspecified atom stereocenters. The van der Waals surface area contributed by atoms with Crippen LogP contribution in [0.5, 0.6) is 5.75 Å². The van der Waals surface area contributed by atoms with Crippen LogP contribution >= 0.6 is 11.5 Å². The molecule has 2 rings (SSSR count). The number of rotatable bonds is 4. The second-order valence-electron chi connectivity index (χ2n) is 5.18. The minimum absolute atomic E-state index is 0.188. The second-order valence-corrected chi connectivity index (χ2v) is 7.92. The molecule has 20 heavy (non-hydrogen) atoms. The number of sulfonamides is 1. The Hall–Kier alpha value is -1.60. The summed E-state index contributed by atoms with van der Waals surface area (Å²) in [5.41, 5.74) is 0.198. The van der Waals surface area contributed by atoms with E-state index in [-0.39, 0.29) is 9.81 Å². The van der Waals surface area contributed by atoms with Crippen molar-refractivity contribution < 1.29 is 13.2 Å². The molecule has 0 atom stereocenters. The molecular weight excluding hydrogens is 296 g/mol. The number of hydrogen-bond donors (Lipinski definition) is 1. The number of nitrogens with zero attached hydrogens (tertiary/aromatic N) is 1. The van der Waals surface area contributed by atoms with Crippen molar-refractivity contribution >= 4 is 27.2 Å². The largest absolute Gasteiger partial charge is 0.488 e. The molecule has 0 fully saturated rings. The van der Waals surface area contributed by atoms with E-state index >= 15 is 0 Å². The lowest BCUT2D eigenvalue weighted by molar-refractivity contribution is 0.131. The Kier molecular flexibility index (Phi) is 4.01. The normalized spacial score (nSPS) is 12.2. The summed E-state index contributed by atoms with van der Waals surface area (Å²) in [5, 5.41) is 0. The maximum atomic E-state index is 12.0. The van der Waals surface area contributed by atoms with Crippen molar-refractivity contribution in [2.24, 2.45) is 0 Å². The Morgan fingerprint density at radius 3 is 2.30 bits per heavy atom. The van der Waals surface area contributed by atoms with Gasteiger partial charge in [-0.3, -0.25) is 4.72 Å². The lowest BCUT2D eigenvalue weighted by atomic mass is 10.2. The first-order valence-corrected chi connectivity index (χ1v) is 8.24. The van der Waals surface area contributed by atoms with E-state index in [1.165, 1.54) is 12.3 Å². The summed E-state index contributed by atoms with van der Waals surface area (Å²) in [7, 11) is -3.55. The van der Waals surface area contributed by atoms with Crippen molar-refractivity contribution in [3.05, 3.63) is 36.5 Å². The number of nitrogens with one attached hydrogen (secondary N) is 1. The van der Waals surface area contributed by atoms with Crippen LogP contribution in [0.25, 0.3) is 0 Å². The molecule has 0 radical (unpaired) electrons. The molecule has 0 saturated carbocycles. The maximum absolute atomic E-state index is 12.0. The van der Waals surface area contributed by atoms with Gasteiger partial charge in [0, 0.05) is 11.9 Å². The molecule has 0 amide bonds. The molecule has 1 N–H and O–H groups in total. The van der Waals surface area contributed by atoms with E-state index in [0.717, 1.165) is 11.5 Å². The highest BCUT2D eigenvalue weighted by Crippen LogP contribution is 2.23. The van der Waals surface area contributed by atoms with Gasteiger partial charge < -0.3 is 4.74 Å². The number of aromatic nitrogens is 1. The Morgan fingerprint density at radius 1 is 1.15 bits per heavy atom. The summed E-state index contributed by atoms with van der Waals surface area (Å²) >= 11 is 0.935. The summed E-state index contributed by atoms with van der Waals surface area (Å²) < 4.78 is 36.2. The fourth-order valence-corrected chi connectivity index (χ4v) is 3.27. The molecule has 0 aliphatic rings. The summed E-state index contributed by atoms with van der Waals surface area (Å²) in [4.78, 5) is 0. The molecule has 0 spiro atoms. The molecule has 0 aliphatic heterocycles. The molecule has 5 nitrogen and oxygen atoms in total. The molecule has 0 aliphatic carbocycles. The third kappa shape index (κ3) is 3.94. The van der Waals surface area contributed by atoms with E-state index in [2.05, 4.69) is 9.10 Å². The standard InChI is InChI=1S/C13H16N2O3S2/c1-13(2,3)18-11-6-4-10(5-7-11)15-20(16,17)12-8-9-14-19-12/h4-9,15H,1-3H3. The predicted molar refractivity (Wildman–Crippen MR) is 79.7 cm³/mol. The van der Waals surface area contributed by atoms with Crippen LogP contribution in [0.4, 0.5) is 5.69 Å². The molecule has 1 aromatic heterocycles. The lowest BCUT2D eigenvalue weighted by Crippen LogP contribution is -2.22. The van der Waals surface area contributed by atoms with Crippen LogP contribution in [0.2, 0.25) is 0 Å². The van der Waals surface area contributed by atoms with Crippen molar-refractivity contribution in [3.63, 3.8) is 0 Å². The Labute approximate surface area is 122 Å². The minimum atomic E-state index is -3.55. The van der Waals surface area contributed by atoms with Gasteiger partial charge in [-0.2, -0.15) is 4.37 Å². The highest BCUT2D eigenvalue weighted by molar-refractivity contribution is 7.94. The van der Waals surface area contributed by atoms with Crippen LogP contribution in [0.15, 0.2) is 40.7 Å². The van der Waals surface area contributed by atoms with Crippen molar-refractivity contribution in [1.82, 2.24) is 4.37 Å². The molecule has 1 heterocycles. The Balaban J connectivity index is 2.12. The van der Waals surface area contributed by atoms with Gasteiger partial charge in [-0.25, -0.2) is 8.42 Å². The summed E-state index contributed by atoms with van der Waals surface area (Å²) in [6, 6.07) is 8.26. The van der Waals surface area contributed by atoms with Crippen LogP contribution in [0, 0.1) is 0 Å². The fourth-order valence-electron chi connectivity index (χ4n) is 1.49. The Morgan fingerprint density at radius 2 is 1.80 bits per heavy atom. The van der Waals surface area contributed by atoms with Crippen LogP contribution in [-0.2, 0) is 10.0 Å². The number of anilines is 1. The van der Waals surface area contributed by atoms with E-state index in [0.29, 0.717) is 11.4 Å². The van der Waals surface area contributed by atoms with Gasteiger partial charge in [0.1, 0.15) is 11.4 Å². The average Bonchev–Trinajstić information content (AvgIpc) is 2.84. The molecule has 1 aromatic carbocycles. The zero-order chi connectivity index (χ0) is 14.8. The van der Waals surface area contributed by atoms with Gasteiger partial charge in [0.15, 0.2) is 4.21 Å². The van der Waals surface area contributed by atoms with Crippen molar-refractivity contribution in [3.8, 4) is 5.75 Å².